The molecule has 9 heteroatoms. The first-order valence-electron chi connectivity index (χ1n) is 5.31. The minimum atomic E-state index is -4.80. The van der Waals surface area contributed by atoms with Crippen molar-refractivity contribution in [3.63, 3.8) is 0 Å². The number of carboxylic acids is 1. The molecule has 1 aromatic carbocycles. The standard InChI is InChI=1S/C12H6BrF3O5/c13-7-5-6(1-2-8(7)21-12(14,15)16)19-10-4-3-9(20-10)11(17)18/h1-5H,(H,17,18). The van der Waals surface area contributed by atoms with Crippen molar-refractivity contribution in [1.82, 2.24) is 0 Å². The van der Waals surface area contributed by atoms with Crippen molar-refractivity contribution in [3.05, 3.63) is 40.6 Å². The maximum Gasteiger partial charge on any atom is 0.573 e. The van der Waals surface area contributed by atoms with E-state index >= 15 is 0 Å². The molecule has 0 aliphatic heterocycles. The number of halogens is 4. The Balaban J connectivity index is 2.14. The third-order valence-electron chi connectivity index (χ3n) is 2.14. The van der Waals surface area contributed by atoms with E-state index in [0.29, 0.717) is 0 Å². The Bertz CT molecular complexity index is 665. The van der Waals surface area contributed by atoms with Crippen LogP contribution in [-0.4, -0.2) is 17.4 Å². The van der Waals surface area contributed by atoms with Crippen LogP contribution in [0.2, 0.25) is 0 Å². The minimum Gasteiger partial charge on any atom is -0.475 e. The van der Waals surface area contributed by atoms with Crippen molar-refractivity contribution in [2.45, 2.75) is 6.36 Å². The Morgan fingerprint density at radius 1 is 1.24 bits per heavy atom. The molecule has 0 amide bonds. The zero-order valence-corrected chi connectivity index (χ0v) is 11.6. The maximum atomic E-state index is 12.1. The predicted octanol–water partition coefficient (Wildman–Crippen LogP) is 4.43. The molecule has 0 spiro atoms. The van der Waals surface area contributed by atoms with Gasteiger partial charge in [0.2, 0.25) is 5.76 Å². The van der Waals surface area contributed by atoms with Crippen LogP contribution in [0.4, 0.5) is 13.2 Å². The summed E-state index contributed by atoms with van der Waals surface area (Å²) in [6.07, 6.45) is -4.80. The van der Waals surface area contributed by atoms with Gasteiger partial charge in [-0.1, -0.05) is 0 Å². The zero-order valence-electron chi connectivity index (χ0n) is 9.98. The first-order chi connectivity index (χ1) is 9.74. The number of hydrogen-bond donors (Lipinski definition) is 1. The van der Waals surface area contributed by atoms with Gasteiger partial charge in [0.1, 0.15) is 11.5 Å². The quantitative estimate of drug-likeness (QED) is 0.866. The average Bonchev–Trinajstić information content (AvgIpc) is 2.80. The Labute approximate surface area is 124 Å². The molecular weight excluding hydrogens is 361 g/mol. The Morgan fingerprint density at radius 2 is 1.95 bits per heavy atom. The Morgan fingerprint density at radius 3 is 2.48 bits per heavy atom. The van der Waals surface area contributed by atoms with Gasteiger partial charge in [0.25, 0.3) is 5.95 Å². The molecule has 0 fully saturated rings. The summed E-state index contributed by atoms with van der Waals surface area (Å²) in [6, 6.07) is 5.96. The lowest BCUT2D eigenvalue weighted by Crippen LogP contribution is -2.17. The first kappa shape index (κ1) is 15.2. The maximum absolute atomic E-state index is 12.1. The lowest BCUT2D eigenvalue weighted by atomic mass is 10.3. The predicted molar refractivity (Wildman–Crippen MR) is 66.6 cm³/mol. The molecule has 2 aromatic rings. The molecule has 0 radical (unpaired) electrons. The molecule has 5 nitrogen and oxygen atoms in total. The summed E-state index contributed by atoms with van der Waals surface area (Å²) < 4.78 is 50.1. The third-order valence-corrected chi connectivity index (χ3v) is 2.76. The molecule has 1 aromatic heterocycles. The number of rotatable bonds is 4. The van der Waals surface area contributed by atoms with Gasteiger partial charge in [0, 0.05) is 6.07 Å². The van der Waals surface area contributed by atoms with Crippen LogP contribution in [0.25, 0.3) is 0 Å². The zero-order chi connectivity index (χ0) is 15.6. The van der Waals surface area contributed by atoms with Crippen LogP contribution in [0.15, 0.2) is 39.2 Å². The van der Waals surface area contributed by atoms with E-state index in [9.17, 15) is 18.0 Å². The number of carboxylic acid groups (broad SMARTS) is 1. The van der Waals surface area contributed by atoms with Gasteiger partial charge in [0.15, 0.2) is 0 Å². The topological polar surface area (TPSA) is 68.9 Å². The summed E-state index contributed by atoms with van der Waals surface area (Å²) >= 11 is 2.91. The highest BCUT2D eigenvalue weighted by molar-refractivity contribution is 9.10. The van der Waals surface area contributed by atoms with Gasteiger partial charge in [-0.3, -0.25) is 0 Å². The molecule has 1 N–H and O–H groups in total. The van der Waals surface area contributed by atoms with Gasteiger partial charge < -0.3 is 19.0 Å². The number of benzene rings is 1. The van der Waals surface area contributed by atoms with E-state index in [-0.39, 0.29) is 21.9 Å². The van der Waals surface area contributed by atoms with Crippen LogP contribution in [0.3, 0.4) is 0 Å². The van der Waals surface area contributed by atoms with E-state index in [4.69, 9.17) is 14.3 Å². The van der Waals surface area contributed by atoms with E-state index < -0.39 is 18.1 Å². The van der Waals surface area contributed by atoms with Crippen molar-refractivity contribution >= 4 is 21.9 Å². The van der Waals surface area contributed by atoms with Gasteiger partial charge in [-0.05, 0) is 40.2 Å². The van der Waals surface area contributed by atoms with Gasteiger partial charge >= 0.3 is 12.3 Å². The molecule has 0 atom stereocenters. The molecule has 0 bridgehead atoms. The van der Waals surface area contributed by atoms with Crippen LogP contribution in [-0.2, 0) is 0 Å². The molecule has 0 saturated carbocycles. The minimum absolute atomic E-state index is 0.0161. The molecule has 0 unspecified atom stereocenters. The summed E-state index contributed by atoms with van der Waals surface area (Å²) in [4.78, 5) is 10.6. The molecule has 0 saturated heterocycles. The fraction of sp³-hybridized carbons (Fsp3) is 0.0833. The number of carbonyl (C=O) groups is 1. The first-order valence-corrected chi connectivity index (χ1v) is 6.10. The number of aromatic carboxylic acids is 1. The fourth-order valence-corrected chi connectivity index (χ4v) is 1.80. The van der Waals surface area contributed by atoms with Gasteiger partial charge in [-0.2, -0.15) is 0 Å². The molecule has 0 aliphatic carbocycles. The second-order valence-corrected chi connectivity index (χ2v) is 4.52. The van der Waals surface area contributed by atoms with Crippen LogP contribution in [0.5, 0.6) is 17.4 Å². The summed E-state index contributed by atoms with van der Waals surface area (Å²) in [5.74, 6) is -1.98. The van der Waals surface area contributed by atoms with Crippen LogP contribution < -0.4 is 9.47 Å². The SMILES string of the molecule is O=C(O)c1ccc(Oc2ccc(OC(F)(F)F)c(Br)c2)o1. The van der Waals surface area contributed by atoms with Gasteiger partial charge in [-0.15, -0.1) is 13.2 Å². The highest BCUT2D eigenvalue weighted by Crippen LogP contribution is 2.34. The lowest BCUT2D eigenvalue weighted by Gasteiger charge is -2.11. The van der Waals surface area contributed by atoms with E-state index in [1.165, 1.54) is 24.3 Å². The van der Waals surface area contributed by atoms with Gasteiger partial charge in [0.05, 0.1) is 4.47 Å². The summed E-state index contributed by atoms with van der Waals surface area (Å²) in [7, 11) is 0. The molecular formula is C12H6BrF3O5. The highest BCUT2D eigenvalue weighted by atomic mass is 79.9. The summed E-state index contributed by atoms with van der Waals surface area (Å²) in [5.41, 5.74) is 0. The van der Waals surface area contributed by atoms with E-state index in [2.05, 4.69) is 20.7 Å². The highest BCUT2D eigenvalue weighted by Gasteiger charge is 2.32. The number of alkyl halides is 3. The molecule has 0 aliphatic rings. The second-order valence-electron chi connectivity index (χ2n) is 3.67. The van der Waals surface area contributed by atoms with Crippen molar-refractivity contribution in [2.75, 3.05) is 0 Å². The van der Waals surface area contributed by atoms with Crippen molar-refractivity contribution in [3.8, 4) is 17.4 Å². The van der Waals surface area contributed by atoms with E-state index in [1.807, 2.05) is 0 Å². The van der Waals surface area contributed by atoms with Crippen LogP contribution in [0.1, 0.15) is 10.6 Å². The largest absolute Gasteiger partial charge is 0.573 e. The Kier molecular flexibility index (Phi) is 4.12. The van der Waals surface area contributed by atoms with Crippen LogP contribution >= 0.6 is 15.9 Å². The van der Waals surface area contributed by atoms with E-state index in [1.54, 1.807) is 0 Å². The molecule has 1 heterocycles. The molecule has 112 valence electrons. The smallest absolute Gasteiger partial charge is 0.475 e. The third kappa shape index (κ3) is 4.15. The monoisotopic (exact) mass is 366 g/mol. The molecule has 21 heavy (non-hydrogen) atoms. The normalized spacial score (nSPS) is 11.2. The van der Waals surface area contributed by atoms with E-state index in [0.717, 1.165) is 6.07 Å². The van der Waals surface area contributed by atoms with Crippen molar-refractivity contribution in [1.29, 1.82) is 0 Å². The number of furan rings is 1. The molecule has 2 rings (SSSR count). The Hall–Kier alpha value is -2.16. The number of hydrogen-bond acceptors (Lipinski definition) is 4. The van der Waals surface area contributed by atoms with Crippen molar-refractivity contribution in [2.24, 2.45) is 0 Å². The average molecular weight is 367 g/mol. The van der Waals surface area contributed by atoms with Crippen LogP contribution in [0, 0.1) is 0 Å². The number of ether oxygens (including phenoxy) is 2. The summed E-state index contributed by atoms with van der Waals surface area (Å²) in [6.45, 7) is 0. The summed E-state index contributed by atoms with van der Waals surface area (Å²) in [5, 5.41) is 8.67. The van der Waals surface area contributed by atoms with Gasteiger partial charge in [-0.25, -0.2) is 4.79 Å². The fourth-order valence-electron chi connectivity index (χ4n) is 1.36. The lowest BCUT2D eigenvalue weighted by molar-refractivity contribution is -0.274. The van der Waals surface area contributed by atoms with Crippen molar-refractivity contribution < 1.29 is 37.0 Å². The second kappa shape index (κ2) is 5.68.